The third-order valence-electron chi connectivity index (χ3n) is 4.93. The molecule has 0 bridgehead atoms. The van der Waals surface area contributed by atoms with Gasteiger partial charge < -0.3 is 15.4 Å². The van der Waals surface area contributed by atoms with Crippen LogP contribution >= 0.6 is 24.2 Å². The zero-order chi connectivity index (χ0) is 21.1. The largest absolute Gasteiger partial charge is 0.442 e. The van der Waals surface area contributed by atoms with Gasteiger partial charge in [0.25, 0.3) is 5.91 Å². The van der Waals surface area contributed by atoms with E-state index in [1.807, 2.05) is 24.3 Å². The summed E-state index contributed by atoms with van der Waals surface area (Å²) in [6.07, 6.45) is -0.127. The third kappa shape index (κ3) is 4.71. The predicted octanol–water partition coefficient (Wildman–Crippen LogP) is 2.93. The molecule has 2 amide bonds. The molecule has 0 aliphatic carbocycles. The van der Waals surface area contributed by atoms with Crippen molar-refractivity contribution in [2.45, 2.75) is 17.4 Å². The molecule has 7 nitrogen and oxygen atoms in total. The summed E-state index contributed by atoms with van der Waals surface area (Å²) in [6, 6.07) is 12.6. The smallest absolute Gasteiger partial charge is 0.414 e. The number of anilines is 1. The van der Waals surface area contributed by atoms with Crippen LogP contribution in [-0.2, 0) is 11.2 Å². The minimum absolute atomic E-state index is 0.199. The number of cyclic esters (lactones) is 1. The van der Waals surface area contributed by atoms with Gasteiger partial charge in [-0.15, -0.1) is 12.6 Å². The molecule has 2 aromatic rings. The highest BCUT2D eigenvalue weighted by Crippen LogP contribution is 2.23. The number of hydrogen-bond donors (Lipinski definition) is 3. The highest BCUT2D eigenvalue weighted by molar-refractivity contribution is 7.80. The molecular weight excluding hydrogens is 424 g/mol. The van der Waals surface area contributed by atoms with Crippen molar-refractivity contribution in [2.24, 2.45) is 4.99 Å². The zero-order valence-electron chi connectivity index (χ0n) is 16.1. The molecule has 2 aliphatic rings. The predicted molar refractivity (Wildman–Crippen MR) is 119 cm³/mol. The number of aliphatic imine (C=N–C) groups is 1. The first kappa shape index (κ1) is 20.6. The number of rotatable bonds is 6. The second kappa shape index (κ2) is 8.97. The molecule has 0 radical (unpaired) electrons. The number of amidine groups is 1. The van der Waals surface area contributed by atoms with E-state index >= 15 is 0 Å². The van der Waals surface area contributed by atoms with E-state index in [2.05, 4.69) is 28.3 Å². The quantitative estimate of drug-likeness (QED) is 0.598. The van der Waals surface area contributed by atoms with Gasteiger partial charge >= 0.3 is 6.09 Å². The molecule has 30 heavy (non-hydrogen) atoms. The van der Waals surface area contributed by atoms with Crippen molar-refractivity contribution < 1.29 is 14.3 Å². The monoisotopic (exact) mass is 444 g/mol. The number of nitrogens with one attached hydrogen (secondary N) is 2. The average molecular weight is 445 g/mol. The van der Waals surface area contributed by atoms with Crippen molar-refractivity contribution in [1.82, 2.24) is 10.6 Å². The van der Waals surface area contributed by atoms with E-state index < -0.39 is 12.2 Å². The second-order valence-corrected chi connectivity index (χ2v) is 8.00. The lowest BCUT2D eigenvalue weighted by Crippen LogP contribution is -2.34. The molecule has 9 heteroatoms. The van der Waals surface area contributed by atoms with Gasteiger partial charge in [0.05, 0.1) is 25.2 Å². The van der Waals surface area contributed by atoms with Crippen molar-refractivity contribution in [3.8, 4) is 0 Å². The van der Waals surface area contributed by atoms with Gasteiger partial charge in [0.1, 0.15) is 11.9 Å². The van der Waals surface area contributed by atoms with Gasteiger partial charge in [-0.05, 0) is 35.9 Å². The Balaban J connectivity index is 1.33. The maximum absolute atomic E-state index is 12.4. The zero-order valence-corrected chi connectivity index (χ0v) is 17.7. The van der Waals surface area contributed by atoms with Gasteiger partial charge in [0, 0.05) is 28.6 Å². The molecule has 156 valence electrons. The lowest BCUT2D eigenvalue weighted by atomic mass is 10.1. The van der Waals surface area contributed by atoms with Crippen LogP contribution in [0.1, 0.15) is 15.9 Å². The number of amides is 2. The van der Waals surface area contributed by atoms with E-state index in [9.17, 15) is 9.59 Å². The molecular formula is C21H21ClN4O3S. The van der Waals surface area contributed by atoms with Gasteiger partial charge in [-0.25, -0.2) is 4.79 Å². The number of thiol groups is 1. The molecule has 1 unspecified atom stereocenters. The molecule has 1 fully saturated rings. The molecule has 2 aliphatic heterocycles. The summed E-state index contributed by atoms with van der Waals surface area (Å²) in [5.74, 6) is 0.674. The van der Waals surface area contributed by atoms with Gasteiger partial charge in [-0.1, -0.05) is 23.7 Å². The Hall–Kier alpha value is -2.71. The Labute approximate surface area is 184 Å². The fourth-order valence-corrected chi connectivity index (χ4v) is 3.80. The van der Waals surface area contributed by atoms with Crippen LogP contribution in [0.3, 0.4) is 0 Å². The van der Waals surface area contributed by atoms with Crippen molar-refractivity contribution in [3.05, 3.63) is 58.6 Å². The Morgan fingerprint density at radius 2 is 2.10 bits per heavy atom. The van der Waals surface area contributed by atoms with Crippen LogP contribution in [0.15, 0.2) is 52.4 Å². The molecule has 2 heterocycles. The van der Waals surface area contributed by atoms with Gasteiger partial charge in [-0.2, -0.15) is 0 Å². The van der Waals surface area contributed by atoms with Crippen molar-refractivity contribution >= 4 is 47.8 Å². The Kier molecular flexibility index (Phi) is 6.15. The Bertz CT molecular complexity index is 996. The first-order valence-electron chi connectivity index (χ1n) is 9.60. The Morgan fingerprint density at radius 3 is 2.83 bits per heavy atom. The first-order valence-corrected chi connectivity index (χ1v) is 10.4. The second-order valence-electron chi connectivity index (χ2n) is 7.09. The molecule has 0 aromatic heterocycles. The summed E-state index contributed by atoms with van der Waals surface area (Å²) in [5, 5.41) is 6.48. The van der Waals surface area contributed by atoms with Gasteiger partial charge in [0.2, 0.25) is 0 Å². The topological polar surface area (TPSA) is 83.0 Å². The number of carbonyl (C=O) groups excluding carboxylic acids is 2. The Morgan fingerprint density at radius 1 is 1.30 bits per heavy atom. The van der Waals surface area contributed by atoms with Crippen molar-refractivity contribution in [1.29, 1.82) is 0 Å². The summed E-state index contributed by atoms with van der Waals surface area (Å²) in [7, 11) is 0. The molecule has 1 saturated heterocycles. The van der Waals surface area contributed by atoms with E-state index in [1.165, 1.54) is 0 Å². The fraction of sp³-hybridized carbons (Fsp3) is 0.286. The van der Waals surface area contributed by atoms with Crippen LogP contribution in [0.5, 0.6) is 0 Å². The molecule has 1 atom stereocenters. The average Bonchev–Trinajstić information content (AvgIpc) is 3.38. The number of carbonyl (C=O) groups is 2. The SMILES string of the molecule is O=C(NCC1CN(c2ccc(CC3=NCCN3)cc2)C(=O)O1)c1cc(Cl)ccc1S. The molecule has 0 spiro atoms. The van der Waals surface area contributed by atoms with Crippen molar-refractivity contribution in [2.75, 3.05) is 31.1 Å². The summed E-state index contributed by atoms with van der Waals surface area (Å²) in [6.45, 7) is 2.26. The minimum Gasteiger partial charge on any atom is -0.442 e. The lowest BCUT2D eigenvalue weighted by Gasteiger charge is -2.14. The molecule has 2 aromatic carbocycles. The van der Waals surface area contributed by atoms with Crippen LogP contribution in [0.2, 0.25) is 5.02 Å². The number of hydrogen-bond acceptors (Lipinski definition) is 6. The maximum Gasteiger partial charge on any atom is 0.414 e. The van der Waals surface area contributed by atoms with E-state index in [-0.39, 0.29) is 12.5 Å². The number of benzene rings is 2. The summed E-state index contributed by atoms with van der Waals surface area (Å²) in [5.41, 5.74) is 2.25. The van der Waals surface area contributed by atoms with Crippen LogP contribution in [0.25, 0.3) is 0 Å². The van der Waals surface area contributed by atoms with Crippen LogP contribution in [0, 0.1) is 0 Å². The van der Waals surface area contributed by atoms with E-state index in [0.29, 0.717) is 22.0 Å². The minimum atomic E-state index is -0.444. The number of nitrogens with zero attached hydrogens (tertiary/aromatic N) is 2. The van der Waals surface area contributed by atoms with Gasteiger partial charge in [0.15, 0.2) is 0 Å². The van der Waals surface area contributed by atoms with Crippen LogP contribution < -0.4 is 15.5 Å². The van der Waals surface area contributed by atoms with Crippen LogP contribution in [-0.4, -0.2) is 50.1 Å². The van der Waals surface area contributed by atoms with E-state index in [4.69, 9.17) is 16.3 Å². The molecule has 4 rings (SSSR count). The third-order valence-corrected chi connectivity index (χ3v) is 5.56. The fourth-order valence-electron chi connectivity index (χ4n) is 3.38. The van der Waals surface area contributed by atoms with Crippen LogP contribution in [0.4, 0.5) is 10.5 Å². The number of halogens is 1. The molecule has 2 N–H and O–H groups in total. The first-order chi connectivity index (χ1) is 14.5. The van der Waals surface area contributed by atoms with E-state index in [0.717, 1.165) is 36.6 Å². The maximum atomic E-state index is 12.4. The van der Waals surface area contributed by atoms with Crippen molar-refractivity contribution in [3.63, 3.8) is 0 Å². The summed E-state index contributed by atoms with van der Waals surface area (Å²) >= 11 is 10.2. The summed E-state index contributed by atoms with van der Waals surface area (Å²) < 4.78 is 5.40. The highest BCUT2D eigenvalue weighted by Gasteiger charge is 2.32. The highest BCUT2D eigenvalue weighted by atomic mass is 35.5. The summed E-state index contributed by atoms with van der Waals surface area (Å²) in [4.78, 5) is 31.2. The standard InChI is InChI=1S/C21H21ClN4O3S/c22-14-3-6-18(30)17(10-14)20(27)25-11-16-12-26(21(28)29-16)15-4-1-13(2-5-15)9-19-23-7-8-24-19/h1-6,10,16,30H,7-9,11-12H2,(H,23,24)(H,25,27). The van der Waals surface area contributed by atoms with Gasteiger partial charge in [-0.3, -0.25) is 14.7 Å². The number of ether oxygens (including phenoxy) is 1. The van der Waals surface area contributed by atoms with E-state index in [1.54, 1.807) is 23.1 Å². The lowest BCUT2D eigenvalue weighted by molar-refractivity contribution is 0.0913. The molecule has 0 saturated carbocycles. The normalized spacial score (nSPS) is 18.1.